The van der Waals surface area contributed by atoms with Gasteiger partial charge in [0.15, 0.2) is 11.6 Å². The van der Waals surface area contributed by atoms with E-state index in [9.17, 15) is 4.39 Å². The van der Waals surface area contributed by atoms with Gasteiger partial charge in [-0.1, -0.05) is 12.1 Å². The number of rotatable bonds is 6. The molecule has 0 atom stereocenters. The van der Waals surface area contributed by atoms with Crippen molar-refractivity contribution in [3.8, 4) is 17.6 Å². The minimum atomic E-state index is -0.389. The standard InChI is InChI=1S/C23H21FN4O2/c1-16-10-17(12-25)13-27-23(16)28-7-6-21-18(15-28)11-19(14-26-21)29-8-9-30-22-5-3-2-4-20(22)24/h2-5,10-11,13-14H,6-9,15H2,1H3. The lowest BCUT2D eigenvalue weighted by Gasteiger charge is -2.30. The fraction of sp³-hybridized carbons (Fsp3) is 0.261. The molecule has 152 valence electrons. The molecule has 0 spiro atoms. The molecule has 6 nitrogen and oxygen atoms in total. The predicted octanol–water partition coefficient (Wildman–Crippen LogP) is 3.82. The molecular formula is C23H21FN4O2. The van der Waals surface area contributed by atoms with Crippen LogP contribution in [0.5, 0.6) is 11.5 Å². The average molecular weight is 404 g/mol. The van der Waals surface area contributed by atoms with Crippen molar-refractivity contribution >= 4 is 5.82 Å². The summed E-state index contributed by atoms with van der Waals surface area (Å²) >= 11 is 0. The lowest BCUT2D eigenvalue weighted by atomic mass is 10.0. The first-order chi connectivity index (χ1) is 14.6. The van der Waals surface area contributed by atoms with Crippen LogP contribution >= 0.6 is 0 Å². The lowest BCUT2D eigenvalue weighted by Crippen LogP contribution is -2.32. The SMILES string of the molecule is Cc1cc(C#N)cnc1N1CCc2ncc(OCCOc3ccccc3F)cc2C1. The molecule has 0 aliphatic carbocycles. The molecule has 0 fully saturated rings. The van der Waals surface area contributed by atoms with Gasteiger partial charge in [-0.25, -0.2) is 9.37 Å². The molecule has 0 saturated carbocycles. The summed E-state index contributed by atoms with van der Waals surface area (Å²) in [5, 5.41) is 9.04. The van der Waals surface area contributed by atoms with Crippen molar-refractivity contribution in [3.05, 3.63) is 77.0 Å². The summed E-state index contributed by atoms with van der Waals surface area (Å²) in [4.78, 5) is 11.2. The molecule has 0 saturated heterocycles. The topological polar surface area (TPSA) is 71.3 Å². The minimum absolute atomic E-state index is 0.214. The highest BCUT2D eigenvalue weighted by Gasteiger charge is 2.20. The van der Waals surface area contributed by atoms with Crippen LogP contribution in [0.25, 0.3) is 0 Å². The first-order valence-corrected chi connectivity index (χ1v) is 9.73. The van der Waals surface area contributed by atoms with E-state index in [1.54, 1.807) is 30.6 Å². The molecule has 3 aromatic rings. The molecule has 1 aliphatic heterocycles. The van der Waals surface area contributed by atoms with Crippen LogP contribution in [0.4, 0.5) is 10.2 Å². The number of anilines is 1. The van der Waals surface area contributed by atoms with Crippen molar-refractivity contribution in [1.82, 2.24) is 9.97 Å². The van der Waals surface area contributed by atoms with Crippen molar-refractivity contribution in [3.63, 3.8) is 0 Å². The number of ether oxygens (including phenoxy) is 2. The normalized spacial score (nSPS) is 12.8. The number of aryl methyl sites for hydroxylation is 1. The molecule has 0 bridgehead atoms. The summed E-state index contributed by atoms with van der Waals surface area (Å²) in [5.74, 6) is 1.35. The van der Waals surface area contributed by atoms with Gasteiger partial charge in [0, 0.05) is 31.4 Å². The molecule has 30 heavy (non-hydrogen) atoms. The van der Waals surface area contributed by atoms with Gasteiger partial charge in [-0.2, -0.15) is 5.26 Å². The quantitative estimate of drug-likeness (QED) is 0.582. The Morgan fingerprint density at radius 2 is 1.97 bits per heavy atom. The number of pyridine rings is 2. The van der Waals surface area contributed by atoms with Crippen molar-refractivity contribution < 1.29 is 13.9 Å². The molecule has 2 aromatic heterocycles. The largest absolute Gasteiger partial charge is 0.488 e. The van der Waals surface area contributed by atoms with E-state index in [4.69, 9.17) is 14.7 Å². The zero-order chi connectivity index (χ0) is 20.9. The van der Waals surface area contributed by atoms with Gasteiger partial charge in [-0.05, 0) is 42.3 Å². The van der Waals surface area contributed by atoms with Gasteiger partial charge in [0.25, 0.3) is 0 Å². The van der Waals surface area contributed by atoms with Crippen LogP contribution in [0.15, 0.2) is 48.8 Å². The Hall–Kier alpha value is -3.66. The third-order valence-corrected chi connectivity index (χ3v) is 4.94. The number of aromatic nitrogens is 2. The van der Waals surface area contributed by atoms with E-state index >= 15 is 0 Å². The lowest BCUT2D eigenvalue weighted by molar-refractivity contribution is 0.211. The van der Waals surface area contributed by atoms with Crippen LogP contribution in [0.1, 0.15) is 22.4 Å². The van der Waals surface area contributed by atoms with Crippen molar-refractivity contribution in [1.29, 1.82) is 5.26 Å². The summed E-state index contributed by atoms with van der Waals surface area (Å²) in [6.07, 6.45) is 4.13. The van der Waals surface area contributed by atoms with Gasteiger partial charge in [0.05, 0.1) is 11.8 Å². The number of nitrogens with zero attached hydrogens (tertiary/aromatic N) is 4. The average Bonchev–Trinajstić information content (AvgIpc) is 2.77. The minimum Gasteiger partial charge on any atom is -0.488 e. The first kappa shape index (κ1) is 19.6. The maximum absolute atomic E-state index is 13.6. The number of benzene rings is 1. The zero-order valence-corrected chi connectivity index (χ0v) is 16.6. The number of fused-ring (bicyclic) bond motifs is 1. The number of hydrogen-bond donors (Lipinski definition) is 0. The van der Waals surface area contributed by atoms with Crippen LogP contribution in [0, 0.1) is 24.1 Å². The fourth-order valence-electron chi connectivity index (χ4n) is 3.50. The van der Waals surface area contributed by atoms with E-state index in [-0.39, 0.29) is 24.8 Å². The summed E-state index contributed by atoms with van der Waals surface area (Å²) in [6, 6.07) is 12.2. The third-order valence-electron chi connectivity index (χ3n) is 4.94. The molecule has 3 heterocycles. The third kappa shape index (κ3) is 4.33. The monoisotopic (exact) mass is 404 g/mol. The molecule has 0 N–H and O–H groups in total. The van der Waals surface area contributed by atoms with Gasteiger partial charge in [0.2, 0.25) is 0 Å². The van der Waals surface area contributed by atoms with E-state index in [1.807, 2.05) is 19.1 Å². The maximum Gasteiger partial charge on any atom is 0.165 e. The Balaban J connectivity index is 1.38. The van der Waals surface area contributed by atoms with Gasteiger partial charge in [0.1, 0.15) is 30.9 Å². The smallest absolute Gasteiger partial charge is 0.165 e. The number of para-hydroxylation sites is 1. The highest BCUT2D eigenvalue weighted by molar-refractivity contribution is 5.51. The van der Waals surface area contributed by atoms with Crippen LogP contribution in [-0.4, -0.2) is 29.7 Å². The Bertz CT molecular complexity index is 1100. The number of hydrogen-bond acceptors (Lipinski definition) is 6. The second-order valence-corrected chi connectivity index (χ2v) is 7.05. The van der Waals surface area contributed by atoms with E-state index in [0.29, 0.717) is 17.9 Å². The predicted molar refractivity (Wildman–Crippen MR) is 110 cm³/mol. The molecule has 7 heteroatoms. The van der Waals surface area contributed by atoms with Gasteiger partial charge in [-0.3, -0.25) is 4.98 Å². The molecule has 0 amide bonds. The van der Waals surface area contributed by atoms with Crippen molar-refractivity contribution in [2.45, 2.75) is 19.9 Å². The summed E-state index contributed by atoms with van der Waals surface area (Å²) < 4.78 is 24.7. The molecule has 4 rings (SSSR count). The molecule has 0 unspecified atom stereocenters. The highest BCUT2D eigenvalue weighted by Crippen LogP contribution is 2.27. The Labute approximate surface area is 174 Å². The van der Waals surface area contributed by atoms with Crippen LogP contribution in [0.3, 0.4) is 0 Å². The van der Waals surface area contributed by atoms with E-state index < -0.39 is 0 Å². The molecular weight excluding hydrogens is 383 g/mol. The number of halogens is 1. The highest BCUT2D eigenvalue weighted by atomic mass is 19.1. The Morgan fingerprint density at radius 3 is 2.77 bits per heavy atom. The first-order valence-electron chi connectivity index (χ1n) is 9.73. The summed E-state index contributed by atoms with van der Waals surface area (Å²) in [5.41, 5.74) is 3.67. The number of nitriles is 1. The van der Waals surface area contributed by atoms with E-state index in [0.717, 1.165) is 35.6 Å². The fourth-order valence-corrected chi connectivity index (χ4v) is 3.50. The molecule has 0 radical (unpaired) electrons. The maximum atomic E-state index is 13.6. The van der Waals surface area contributed by atoms with Gasteiger partial charge in [-0.15, -0.1) is 0 Å². The summed E-state index contributed by atoms with van der Waals surface area (Å²) in [6.45, 7) is 3.97. The van der Waals surface area contributed by atoms with Crippen LogP contribution in [-0.2, 0) is 13.0 Å². The van der Waals surface area contributed by atoms with Crippen LogP contribution < -0.4 is 14.4 Å². The van der Waals surface area contributed by atoms with Gasteiger partial charge >= 0.3 is 0 Å². The van der Waals surface area contributed by atoms with E-state index in [2.05, 4.69) is 20.9 Å². The van der Waals surface area contributed by atoms with E-state index in [1.165, 1.54) is 6.07 Å². The molecule has 1 aromatic carbocycles. The van der Waals surface area contributed by atoms with Gasteiger partial charge < -0.3 is 14.4 Å². The summed E-state index contributed by atoms with van der Waals surface area (Å²) in [7, 11) is 0. The zero-order valence-electron chi connectivity index (χ0n) is 16.6. The van der Waals surface area contributed by atoms with Crippen LogP contribution in [0.2, 0.25) is 0 Å². The second kappa shape index (κ2) is 8.78. The Morgan fingerprint density at radius 1 is 1.13 bits per heavy atom. The Kier molecular flexibility index (Phi) is 5.75. The molecule has 1 aliphatic rings. The van der Waals surface area contributed by atoms with Crippen molar-refractivity contribution in [2.75, 3.05) is 24.7 Å². The second-order valence-electron chi connectivity index (χ2n) is 7.05. The van der Waals surface area contributed by atoms with Crippen molar-refractivity contribution in [2.24, 2.45) is 0 Å².